The van der Waals surface area contributed by atoms with Crippen molar-refractivity contribution in [3.05, 3.63) is 5.01 Å². The second kappa shape index (κ2) is 3.67. The molecule has 1 aliphatic heterocycles. The standard InChI is InChI=1S/C11H19N3OS/c1-8-12-13-9(16-8)14-6-10(2,3)15-11(4,5)7-14/h6-7H2,1-5H3. The van der Waals surface area contributed by atoms with E-state index in [2.05, 4.69) is 42.8 Å². The molecule has 1 aromatic rings. The number of nitrogens with zero attached hydrogens (tertiary/aromatic N) is 3. The van der Waals surface area contributed by atoms with Crippen LogP contribution in [0.3, 0.4) is 0 Å². The van der Waals surface area contributed by atoms with Crippen LogP contribution in [0.4, 0.5) is 5.13 Å². The van der Waals surface area contributed by atoms with Gasteiger partial charge in [-0.25, -0.2) is 0 Å². The number of aryl methyl sites for hydroxylation is 1. The van der Waals surface area contributed by atoms with Gasteiger partial charge in [-0.15, -0.1) is 10.2 Å². The van der Waals surface area contributed by atoms with Gasteiger partial charge in [0.25, 0.3) is 0 Å². The van der Waals surface area contributed by atoms with Gasteiger partial charge in [-0.3, -0.25) is 0 Å². The number of anilines is 1. The summed E-state index contributed by atoms with van der Waals surface area (Å²) in [5, 5.41) is 10.3. The van der Waals surface area contributed by atoms with Crippen LogP contribution in [0, 0.1) is 6.92 Å². The van der Waals surface area contributed by atoms with E-state index in [0.29, 0.717) is 0 Å². The topological polar surface area (TPSA) is 38.2 Å². The van der Waals surface area contributed by atoms with Gasteiger partial charge in [0.2, 0.25) is 5.13 Å². The Morgan fingerprint density at radius 3 is 2.12 bits per heavy atom. The predicted octanol–water partition coefficient (Wildman–Crippen LogP) is 2.24. The minimum absolute atomic E-state index is 0.138. The first-order valence-corrected chi connectivity index (χ1v) is 6.34. The number of hydrogen-bond donors (Lipinski definition) is 0. The maximum atomic E-state index is 6.03. The molecule has 1 aromatic heterocycles. The smallest absolute Gasteiger partial charge is 0.208 e. The van der Waals surface area contributed by atoms with E-state index in [1.54, 1.807) is 11.3 Å². The van der Waals surface area contributed by atoms with E-state index in [0.717, 1.165) is 23.2 Å². The Balaban J connectivity index is 2.22. The van der Waals surface area contributed by atoms with Gasteiger partial charge in [0.05, 0.1) is 11.2 Å². The minimum atomic E-state index is -0.138. The molecule has 0 spiro atoms. The molecule has 0 aromatic carbocycles. The highest BCUT2D eigenvalue weighted by molar-refractivity contribution is 7.15. The summed E-state index contributed by atoms with van der Waals surface area (Å²) >= 11 is 1.64. The van der Waals surface area contributed by atoms with Crippen molar-refractivity contribution in [1.29, 1.82) is 0 Å². The number of aromatic nitrogens is 2. The fourth-order valence-corrected chi connectivity index (χ4v) is 3.02. The molecule has 2 heterocycles. The zero-order chi connectivity index (χ0) is 12.0. The van der Waals surface area contributed by atoms with E-state index in [4.69, 9.17) is 4.74 Å². The molecule has 0 saturated carbocycles. The van der Waals surface area contributed by atoms with Gasteiger partial charge in [0.1, 0.15) is 5.01 Å². The van der Waals surface area contributed by atoms with E-state index in [1.165, 1.54) is 0 Å². The van der Waals surface area contributed by atoms with Crippen molar-refractivity contribution in [2.45, 2.75) is 45.8 Å². The monoisotopic (exact) mass is 241 g/mol. The van der Waals surface area contributed by atoms with Gasteiger partial charge in [-0.2, -0.15) is 0 Å². The van der Waals surface area contributed by atoms with Crippen LogP contribution in [0.1, 0.15) is 32.7 Å². The Hall–Kier alpha value is -0.680. The lowest BCUT2D eigenvalue weighted by Crippen LogP contribution is -2.57. The molecule has 16 heavy (non-hydrogen) atoms. The lowest BCUT2D eigenvalue weighted by Gasteiger charge is -2.46. The molecular formula is C11H19N3OS. The largest absolute Gasteiger partial charge is 0.366 e. The molecule has 0 aliphatic carbocycles. The average molecular weight is 241 g/mol. The molecule has 0 N–H and O–H groups in total. The predicted molar refractivity (Wildman–Crippen MR) is 66.1 cm³/mol. The van der Waals surface area contributed by atoms with Crippen molar-refractivity contribution >= 4 is 16.5 Å². The van der Waals surface area contributed by atoms with E-state index in [-0.39, 0.29) is 11.2 Å². The Labute approximate surface area is 101 Å². The van der Waals surface area contributed by atoms with Crippen LogP contribution in [-0.4, -0.2) is 34.5 Å². The fourth-order valence-electron chi connectivity index (χ4n) is 2.34. The average Bonchev–Trinajstić information content (AvgIpc) is 2.45. The van der Waals surface area contributed by atoms with Gasteiger partial charge in [-0.1, -0.05) is 11.3 Å². The van der Waals surface area contributed by atoms with Crippen molar-refractivity contribution in [2.75, 3.05) is 18.0 Å². The summed E-state index contributed by atoms with van der Waals surface area (Å²) in [7, 11) is 0. The third-order valence-corrected chi connectivity index (χ3v) is 3.38. The summed E-state index contributed by atoms with van der Waals surface area (Å²) in [4.78, 5) is 2.27. The quantitative estimate of drug-likeness (QED) is 0.756. The van der Waals surface area contributed by atoms with Crippen molar-refractivity contribution in [1.82, 2.24) is 10.2 Å². The molecule has 0 amide bonds. The summed E-state index contributed by atoms with van der Waals surface area (Å²) in [5.41, 5.74) is -0.275. The van der Waals surface area contributed by atoms with Crippen LogP contribution >= 0.6 is 11.3 Å². The third kappa shape index (κ3) is 2.52. The molecule has 5 heteroatoms. The SMILES string of the molecule is Cc1nnc(N2CC(C)(C)OC(C)(C)C2)s1. The molecule has 0 atom stereocenters. The second-order valence-corrected chi connectivity index (χ2v) is 6.74. The Bertz CT molecular complexity index is 370. The van der Waals surface area contributed by atoms with Crippen LogP contribution in [0.15, 0.2) is 0 Å². The van der Waals surface area contributed by atoms with Crippen LogP contribution in [0.25, 0.3) is 0 Å². The van der Waals surface area contributed by atoms with Gasteiger partial charge in [0, 0.05) is 13.1 Å². The fraction of sp³-hybridized carbons (Fsp3) is 0.818. The highest BCUT2D eigenvalue weighted by Gasteiger charge is 2.39. The Morgan fingerprint density at radius 2 is 1.69 bits per heavy atom. The Kier molecular flexibility index (Phi) is 2.70. The van der Waals surface area contributed by atoms with Crippen molar-refractivity contribution in [2.24, 2.45) is 0 Å². The van der Waals surface area contributed by atoms with Gasteiger partial charge in [0.15, 0.2) is 0 Å². The van der Waals surface area contributed by atoms with E-state index in [9.17, 15) is 0 Å². The summed E-state index contributed by atoms with van der Waals surface area (Å²) in [5.74, 6) is 0. The van der Waals surface area contributed by atoms with E-state index < -0.39 is 0 Å². The van der Waals surface area contributed by atoms with Crippen molar-refractivity contribution in [3.8, 4) is 0 Å². The molecule has 0 bridgehead atoms. The van der Waals surface area contributed by atoms with Crippen LogP contribution in [0.5, 0.6) is 0 Å². The highest BCUT2D eigenvalue weighted by Crippen LogP contribution is 2.32. The van der Waals surface area contributed by atoms with Gasteiger partial charge >= 0.3 is 0 Å². The molecule has 0 unspecified atom stereocenters. The zero-order valence-corrected chi connectivity index (χ0v) is 11.4. The first kappa shape index (κ1) is 11.8. The van der Waals surface area contributed by atoms with Crippen molar-refractivity contribution in [3.63, 3.8) is 0 Å². The second-order valence-electron chi connectivity index (χ2n) is 5.58. The summed E-state index contributed by atoms with van der Waals surface area (Å²) in [6.45, 7) is 12.2. The zero-order valence-electron chi connectivity index (χ0n) is 10.6. The maximum absolute atomic E-state index is 6.03. The van der Waals surface area contributed by atoms with Crippen LogP contribution < -0.4 is 4.90 Å². The first-order chi connectivity index (χ1) is 7.27. The molecule has 90 valence electrons. The minimum Gasteiger partial charge on any atom is -0.366 e. The third-order valence-electron chi connectivity index (χ3n) is 2.48. The Morgan fingerprint density at radius 1 is 1.12 bits per heavy atom. The maximum Gasteiger partial charge on any atom is 0.208 e. The lowest BCUT2D eigenvalue weighted by molar-refractivity contribution is -0.133. The van der Waals surface area contributed by atoms with Crippen LogP contribution in [0.2, 0.25) is 0 Å². The van der Waals surface area contributed by atoms with Gasteiger partial charge in [-0.05, 0) is 34.6 Å². The summed E-state index contributed by atoms with van der Waals surface area (Å²) < 4.78 is 6.03. The molecule has 1 fully saturated rings. The molecule has 1 aliphatic rings. The summed E-state index contributed by atoms with van der Waals surface area (Å²) in [6.07, 6.45) is 0. The van der Waals surface area contributed by atoms with E-state index >= 15 is 0 Å². The number of morpholine rings is 1. The highest BCUT2D eigenvalue weighted by atomic mass is 32.1. The number of hydrogen-bond acceptors (Lipinski definition) is 5. The lowest BCUT2D eigenvalue weighted by atomic mass is 9.99. The van der Waals surface area contributed by atoms with Crippen LogP contribution in [-0.2, 0) is 4.74 Å². The summed E-state index contributed by atoms with van der Waals surface area (Å²) in [6, 6.07) is 0. The molecule has 4 nitrogen and oxygen atoms in total. The number of ether oxygens (including phenoxy) is 1. The number of rotatable bonds is 1. The van der Waals surface area contributed by atoms with Gasteiger partial charge < -0.3 is 9.64 Å². The molecule has 0 radical (unpaired) electrons. The normalized spacial score (nSPS) is 23.4. The van der Waals surface area contributed by atoms with E-state index in [1.807, 2.05) is 6.92 Å². The molecule has 2 rings (SSSR count). The molecule has 1 saturated heterocycles. The van der Waals surface area contributed by atoms with Crippen molar-refractivity contribution < 1.29 is 4.74 Å². The first-order valence-electron chi connectivity index (χ1n) is 5.53. The molecular weight excluding hydrogens is 222 g/mol.